The van der Waals surface area contributed by atoms with E-state index in [1.54, 1.807) is 31.3 Å². The van der Waals surface area contributed by atoms with Crippen molar-refractivity contribution in [2.24, 2.45) is 0 Å². The lowest BCUT2D eigenvalue weighted by atomic mass is 9.96. The zero-order chi connectivity index (χ0) is 16.4. The summed E-state index contributed by atoms with van der Waals surface area (Å²) in [6.45, 7) is 6.34. The molecule has 0 saturated carbocycles. The molecule has 0 N–H and O–H groups in total. The zero-order valence-corrected chi connectivity index (χ0v) is 14.9. The predicted octanol–water partition coefficient (Wildman–Crippen LogP) is 3.90. The lowest BCUT2D eigenvalue weighted by molar-refractivity contribution is 0.228. The van der Waals surface area contributed by atoms with E-state index in [4.69, 9.17) is 9.47 Å². The Hall–Kier alpha value is -1.75. The molecule has 2 heterocycles. The number of thioether (sulfide) groups is 1. The molecule has 0 radical (unpaired) electrons. The molecule has 1 aromatic heterocycles. The molecule has 0 amide bonds. The van der Waals surface area contributed by atoms with Crippen molar-refractivity contribution in [1.82, 2.24) is 9.97 Å². The van der Waals surface area contributed by atoms with Crippen molar-refractivity contribution >= 4 is 11.8 Å². The van der Waals surface area contributed by atoms with Crippen LogP contribution in [0, 0.1) is 20.8 Å². The van der Waals surface area contributed by atoms with Gasteiger partial charge in [-0.3, -0.25) is 0 Å². The van der Waals surface area contributed by atoms with Crippen molar-refractivity contribution in [2.75, 3.05) is 12.9 Å². The maximum atomic E-state index is 6.23. The van der Waals surface area contributed by atoms with Gasteiger partial charge in [-0.25, -0.2) is 9.97 Å². The average Bonchev–Trinajstić information content (AvgIpc) is 2.99. The second-order valence-corrected chi connectivity index (χ2v) is 6.89. The predicted molar refractivity (Wildman–Crippen MR) is 92.7 cm³/mol. The van der Waals surface area contributed by atoms with E-state index < -0.39 is 0 Å². The summed E-state index contributed by atoms with van der Waals surface area (Å²) < 4.78 is 11.8. The summed E-state index contributed by atoms with van der Waals surface area (Å²) in [5, 5.41) is 0.827. The van der Waals surface area contributed by atoms with Gasteiger partial charge in [0.25, 0.3) is 0 Å². The minimum absolute atomic E-state index is 0.227. The second-order valence-electron chi connectivity index (χ2n) is 5.83. The van der Waals surface area contributed by atoms with E-state index >= 15 is 0 Å². The highest BCUT2D eigenvalue weighted by molar-refractivity contribution is 7.99. The number of ether oxygens (including phenoxy) is 2. The van der Waals surface area contributed by atoms with E-state index in [0.29, 0.717) is 0 Å². The first-order valence-electron chi connectivity index (χ1n) is 7.85. The number of hydrogen-bond acceptors (Lipinski definition) is 5. The summed E-state index contributed by atoms with van der Waals surface area (Å²) in [5.41, 5.74) is 4.89. The van der Waals surface area contributed by atoms with E-state index in [2.05, 4.69) is 30.7 Å². The molecule has 5 heteroatoms. The maximum absolute atomic E-state index is 6.23. The molecule has 1 aliphatic heterocycles. The van der Waals surface area contributed by atoms with Gasteiger partial charge >= 0.3 is 0 Å². The highest BCUT2D eigenvalue weighted by Crippen LogP contribution is 2.42. The summed E-state index contributed by atoms with van der Waals surface area (Å²) >= 11 is 1.68. The topological polar surface area (TPSA) is 44.2 Å². The van der Waals surface area contributed by atoms with Crippen molar-refractivity contribution in [3.05, 3.63) is 40.7 Å². The first-order valence-corrected chi connectivity index (χ1v) is 8.83. The van der Waals surface area contributed by atoms with Crippen molar-refractivity contribution in [3.8, 4) is 11.5 Å². The maximum Gasteiger partial charge on any atom is 0.187 e. The third kappa shape index (κ3) is 3.15. The van der Waals surface area contributed by atoms with Gasteiger partial charge in [0.1, 0.15) is 17.6 Å². The normalized spacial score (nSPS) is 16.1. The number of rotatable bonds is 5. The third-order valence-corrected chi connectivity index (χ3v) is 5.35. The van der Waals surface area contributed by atoms with Gasteiger partial charge in [-0.1, -0.05) is 11.8 Å². The molecule has 0 bridgehead atoms. The molecule has 122 valence electrons. The number of methoxy groups -OCH3 is 1. The average molecular weight is 330 g/mol. The molecule has 0 aliphatic carbocycles. The monoisotopic (exact) mass is 330 g/mol. The lowest BCUT2D eigenvalue weighted by Crippen LogP contribution is -2.14. The van der Waals surface area contributed by atoms with Crippen molar-refractivity contribution in [1.29, 1.82) is 0 Å². The Morgan fingerprint density at radius 1 is 1.17 bits per heavy atom. The van der Waals surface area contributed by atoms with E-state index in [-0.39, 0.29) is 6.10 Å². The highest BCUT2D eigenvalue weighted by Gasteiger charge is 2.29. The third-order valence-electron chi connectivity index (χ3n) is 4.44. The number of nitrogens with zero attached hydrogens (tertiary/aromatic N) is 2. The van der Waals surface area contributed by atoms with Gasteiger partial charge < -0.3 is 9.47 Å². The van der Waals surface area contributed by atoms with Crippen LogP contribution in [0.4, 0.5) is 0 Å². The van der Waals surface area contributed by atoms with Gasteiger partial charge in [0.15, 0.2) is 5.16 Å². The standard InChI is InChI=1S/C18H22N2O2S/c1-11-12(2)17-15(13(3)16(11)21-4)10-14(22-17)6-9-23-18-19-7-5-8-20-18/h5,7-8,14H,6,9-10H2,1-4H3. The van der Waals surface area contributed by atoms with Crippen LogP contribution in [0.1, 0.15) is 28.7 Å². The molecule has 2 aromatic rings. The fourth-order valence-electron chi connectivity index (χ4n) is 3.11. The molecule has 0 spiro atoms. The second kappa shape index (κ2) is 6.79. The fraction of sp³-hybridized carbons (Fsp3) is 0.444. The molecule has 4 nitrogen and oxygen atoms in total. The molecule has 23 heavy (non-hydrogen) atoms. The molecule has 0 fully saturated rings. The first kappa shape index (κ1) is 16.1. The van der Waals surface area contributed by atoms with Crippen molar-refractivity contribution in [2.45, 2.75) is 44.9 Å². The molecular weight excluding hydrogens is 308 g/mol. The van der Waals surface area contributed by atoms with Crippen LogP contribution < -0.4 is 9.47 Å². The van der Waals surface area contributed by atoms with Crippen LogP contribution in [0.15, 0.2) is 23.6 Å². The van der Waals surface area contributed by atoms with Crippen LogP contribution in [-0.4, -0.2) is 28.9 Å². The summed E-state index contributed by atoms with van der Waals surface area (Å²) in [4.78, 5) is 8.48. The van der Waals surface area contributed by atoms with E-state index in [1.165, 1.54) is 22.3 Å². The van der Waals surface area contributed by atoms with E-state index in [1.807, 2.05) is 6.07 Å². The van der Waals surface area contributed by atoms with Crippen LogP contribution in [0.2, 0.25) is 0 Å². The molecular formula is C18H22N2O2S. The summed E-state index contributed by atoms with van der Waals surface area (Å²) in [6, 6.07) is 1.84. The number of benzene rings is 1. The van der Waals surface area contributed by atoms with E-state index in [9.17, 15) is 0 Å². The number of hydrogen-bond donors (Lipinski definition) is 0. The Balaban J connectivity index is 1.67. The molecule has 0 saturated heterocycles. The van der Waals surface area contributed by atoms with Gasteiger partial charge in [-0.05, 0) is 49.9 Å². The number of fused-ring (bicyclic) bond motifs is 1. The van der Waals surface area contributed by atoms with Crippen LogP contribution >= 0.6 is 11.8 Å². The zero-order valence-electron chi connectivity index (χ0n) is 14.0. The minimum Gasteiger partial charge on any atom is -0.496 e. The Kier molecular flexibility index (Phi) is 4.76. The fourth-order valence-corrected chi connectivity index (χ4v) is 3.94. The van der Waals surface area contributed by atoms with Gasteiger partial charge in [0, 0.05) is 30.1 Å². The smallest absolute Gasteiger partial charge is 0.187 e. The van der Waals surface area contributed by atoms with Gasteiger partial charge in [-0.2, -0.15) is 0 Å². The van der Waals surface area contributed by atoms with Crippen LogP contribution in [0.25, 0.3) is 0 Å². The van der Waals surface area contributed by atoms with E-state index in [0.717, 1.165) is 35.2 Å². The SMILES string of the molecule is COc1c(C)c(C)c2c(c1C)CC(CCSc1ncccn1)O2. The Morgan fingerprint density at radius 2 is 1.91 bits per heavy atom. The molecule has 1 aromatic carbocycles. The largest absolute Gasteiger partial charge is 0.496 e. The summed E-state index contributed by atoms with van der Waals surface area (Å²) in [7, 11) is 1.74. The van der Waals surface area contributed by atoms with Crippen molar-refractivity contribution in [3.63, 3.8) is 0 Å². The highest BCUT2D eigenvalue weighted by atomic mass is 32.2. The Labute approximate surface area is 141 Å². The number of aromatic nitrogens is 2. The first-order chi connectivity index (χ1) is 11.1. The quantitative estimate of drug-likeness (QED) is 0.614. The minimum atomic E-state index is 0.227. The Morgan fingerprint density at radius 3 is 2.61 bits per heavy atom. The van der Waals surface area contributed by atoms with Crippen LogP contribution in [-0.2, 0) is 6.42 Å². The Bertz CT molecular complexity index is 704. The molecule has 3 rings (SSSR count). The molecule has 1 aliphatic rings. The summed E-state index contributed by atoms with van der Waals surface area (Å²) in [6.07, 6.45) is 5.72. The molecule has 1 unspecified atom stereocenters. The van der Waals surface area contributed by atoms with Gasteiger partial charge in [0.05, 0.1) is 7.11 Å². The summed E-state index contributed by atoms with van der Waals surface area (Å²) in [5.74, 6) is 3.01. The van der Waals surface area contributed by atoms with Gasteiger partial charge in [0.2, 0.25) is 0 Å². The van der Waals surface area contributed by atoms with Crippen LogP contribution in [0.3, 0.4) is 0 Å². The van der Waals surface area contributed by atoms with Crippen LogP contribution in [0.5, 0.6) is 11.5 Å². The van der Waals surface area contributed by atoms with Gasteiger partial charge in [-0.15, -0.1) is 0 Å². The molecule has 1 atom stereocenters. The van der Waals surface area contributed by atoms with Crippen molar-refractivity contribution < 1.29 is 9.47 Å². The lowest BCUT2D eigenvalue weighted by Gasteiger charge is -2.16.